The minimum Gasteiger partial charge on any atom is -0.394 e. The van der Waals surface area contributed by atoms with Gasteiger partial charge in [0.05, 0.1) is 24.1 Å². The Morgan fingerprint density at radius 2 is 2.11 bits per heavy atom. The molecule has 1 atom stereocenters. The number of hydrogen-bond acceptors (Lipinski definition) is 5. The van der Waals surface area contributed by atoms with E-state index in [1.165, 1.54) is 11.3 Å². The van der Waals surface area contributed by atoms with Gasteiger partial charge >= 0.3 is 0 Å². The summed E-state index contributed by atoms with van der Waals surface area (Å²) in [5, 5.41) is 22.4. The van der Waals surface area contributed by atoms with Crippen molar-refractivity contribution in [2.24, 2.45) is 0 Å². The van der Waals surface area contributed by atoms with Crippen molar-refractivity contribution in [3.05, 3.63) is 21.9 Å². The summed E-state index contributed by atoms with van der Waals surface area (Å²) in [6, 6.07) is 3.53. The fraction of sp³-hybridized carbons (Fsp3) is 0.455. The number of aliphatic hydroxyl groups is 2. The number of rotatable bonds is 6. The predicted molar refractivity (Wildman–Crippen MR) is 67.5 cm³/mol. The van der Waals surface area contributed by atoms with E-state index in [2.05, 4.69) is 10.6 Å². The van der Waals surface area contributed by atoms with Crippen molar-refractivity contribution in [1.82, 2.24) is 10.6 Å². The third-order valence-electron chi connectivity index (χ3n) is 2.12. The highest BCUT2D eigenvalue weighted by atomic mass is 32.1. The number of nitrogens with one attached hydrogen (secondary N) is 2. The van der Waals surface area contributed by atoms with E-state index in [-0.39, 0.29) is 19.0 Å². The van der Waals surface area contributed by atoms with Crippen LogP contribution >= 0.6 is 11.3 Å². The highest BCUT2D eigenvalue weighted by molar-refractivity contribution is 7.13. The van der Waals surface area contributed by atoms with Crippen LogP contribution in [0.15, 0.2) is 12.1 Å². The van der Waals surface area contributed by atoms with Crippen molar-refractivity contribution < 1.29 is 19.8 Å². The summed E-state index contributed by atoms with van der Waals surface area (Å²) in [5.41, 5.74) is 0. The third kappa shape index (κ3) is 4.82. The molecule has 100 valence electrons. The van der Waals surface area contributed by atoms with Gasteiger partial charge in [-0.3, -0.25) is 9.59 Å². The zero-order chi connectivity index (χ0) is 13.5. The predicted octanol–water partition coefficient (Wildman–Crippen LogP) is -0.744. The molecular formula is C11H16N2O4S. The summed E-state index contributed by atoms with van der Waals surface area (Å²) in [4.78, 5) is 24.5. The summed E-state index contributed by atoms with van der Waals surface area (Å²) in [6.07, 6.45) is -0.982. The van der Waals surface area contributed by atoms with Crippen LogP contribution in [-0.2, 0) is 4.79 Å². The topological polar surface area (TPSA) is 98.7 Å². The van der Waals surface area contributed by atoms with Crippen LogP contribution in [0.1, 0.15) is 14.5 Å². The average molecular weight is 272 g/mol. The standard InChI is InChI=1S/C11H16N2O4S/c1-7-2-3-9(18-7)11(17)13-5-10(16)12-4-8(15)6-14/h2-3,8,14-15H,4-6H2,1H3,(H,12,16)(H,13,17). The fourth-order valence-corrected chi connectivity index (χ4v) is 1.95. The first-order chi connectivity index (χ1) is 8.52. The van der Waals surface area contributed by atoms with Gasteiger partial charge in [-0.2, -0.15) is 0 Å². The number of amides is 2. The molecule has 0 radical (unpaired) electrons. The van der Waals surface area contributed by atoms with Gasteiger partial charge in [0.15, 0.2) is 0 Å². The third-order valence-corrected chi connectivity index (χ3v) is 3.12. The Labute approximate surface area is 109 Å². The highest BCUT2D eigenvalue weighted by Crippen LogP contribution is 2.14. The van der Waals surface area contributed by atoms with Crippen molar-refractivity contribution in [3.63, 3.8) is 0 Å². The van der Waals surface area contributed by atoms with Gasteiger partial charge in [0.1, 0.15) is 0 Å². The molecule has 7 heteroatoms. The lowest BCUT2D eigenvalue weighted by molar-refractivity contribution is -0.120. The molecule has 0 spiro atoms. The van der Waals surface area contributed by atoms with Crippen molar-refractivity contribution >= 4 is 23.2 Å². The molecule has 6 nitrogen and oxygen atoms in total. The minimum atomic E-state index is -0.982. The van der Waals surface area contributed by atoms with Crippen LogP contribution in [0, 0.1) is 6.92 Å². The summed E-state index contributed by atoms with van der Waals surface area (Å²) in [6.45, 7) is 1.28. The molecule has 1 aromatic rings. The van der Waals surface area contributed by atoms with Gasteiger partial charge in [0.2, 0.25) is 5.91 Å². The number of thiophene rings is 1. The molecule has 0 saturated heterocycles. The second kappa shape index (κ2) is 7.10. The number of hydrogen-bond donors (Lipinski definition) is 4. The maximum absolute atomic E-state index is 11.6. The van der Waals surface area contributed by atoms with Gasteiger partial charge < -0.3 is 20.8 Å². The van der Waals surface area contributed by atoms with Gasteiger partial charge in [-0.05, 0) is 19.1 Å². The van der Waals surface area contributed by atoms with Gasteiger partial charge in [0, 0.05) is 11.4 Å². The normalized spacial score (nSPS) is 11.9. The molecule has 0 aliphatic heterocycles. The first-order valence-electron chi connectivity index (χ1n) is 5.43. The van der Waals surface area contributed by atoms with Crippen molar-refractivity contribution in [1.29, 1.82) is 0 Å². The molecular weight excluding hydrogens is 256 g/mol. The summed E-state index contributed by atoms with van der Waals surface area (Å²) in [5.74, 6) is -0.713. The molecule has 0 bridgehead atoms. The monoisotopic (exact) mass is 272 g/mol. The molecule has 0 aliphatic carbocycles. The van der Waals surface area contributed by atoms with Crippen molar-refractivity contribution in [2.45, 2.75) is 13.0 Å². The molecule has 1 aromatic heterocycles. The number of aliphatic hydroxyl groups excluding tert-OH is 2. The molecule has 1 unspecified atom stereocenters. The van der Waals surface area contributed by atoms with E-state index >= 15 is 0 Å². The van der Waals surface area contributed by atoms with E-state index in [0.717, 1.165) is 4.88 Å². The van der Waals surface area contributed by atoms with Crippen molar-refractivity contribution in [2.75, 3.05) is 19.7 Å². The largest absolute Gasteiger partial charge is 0.394 e. The minimum absolute atomic E-state index is 0.0384. The molecule has 1 heterocycles. The van der Waals surface area contributed by atoms with Crippen LogP contribution in [0.25, 0.3) is 0 Å². The van der Waals surface area contributed by atoms with E-state index in [9.17, 15) is 9.59 Å². The maximum Gasteiger partial charge on any atom is 0.261 e. The Balaban J connectivity index is 2.28. The zero-order valence-electron chi connectivity index (χ0n) is 9.97. The van der Waals surface area contributed by atoms with E-state index in [0.29, 0.717) is 4.88 Å². The Kier molecular flexibility index (Phi) is 5.76. The molecule has 18 heavy (non-hydrogen) atoms. The summed E-state index contributed by atoms with van der Waals surface area (Å²) in [7, 11) is 0. The molecule has 0 fully saturated rings. The Morgan fingerprint density at radius 1 is 1.39 bits per heavy atom. The number of carbonyl (C=O) groups is 2. The lowest BCUT2D eigenvalue weighted by atomic mass is 10.3. The van der Waals surface area contributed by atoms with Crippen LogP contribution in [0.5, 0.6) is 0 Å². The van der Waals surface area contributed by atoms with Gasteiger partial charge in [-0.25, -0.2) is 0 Å². The Hall–Kier alpha value is -1.44. The van der Waals surface area contributed by atoms with Gasteiger partial charge in [0.25, 0.3) is 5.91 Å². The molecule has 0 aliphatic rings. The van der Waals surface area contributed by atoms with Gasteiger partial charge in [-0.15, -0.1) is 11.3 Å². The van der Waals surface area contributed by atoms with Crippen LogP contribution in [-0.4, -0.2) is 47.8 Å². The molecule has 1 rings (SSSR count). The van der Waals surface area contributed by atoms with Crippen molar-refractivity contribution in [3.8, 4) is 0 Å². The summed E-state index contributed by atoms with van der Waals surface area (Å²) < 4.78 is 0. The lowest BCUT2D eigenvalue weighted by Gasteiger charge is -2.09. The number of aryl methyl sites for hydroxylation is 1. The second-order valence-corrected chi connectivity index (χ2v) is 5.02. The Bertz CT molecular complexity index is 419. The quantitative estimate of drug-likeness (QED) is 0.548. The van der Waals surface area contributed by atoms with E-state index in [1.807, 2.05) is 13.0 Å². The first-order valence-corrected chi connectivity index (χ1v) is 6.25. The van der Waals surface area contributed by atoms with Crippen LogP contribution in [0.3, 0.4) is 0 Å². The number of carbonyl (C=O) groups excluding carboxylic acids is 2. The SMILES string of the molecule is Cc1ccc(C(=O)NCC(=O)NCC(O)CO)s1. The van der Waals surface area contributed by atoms with E-state index in [4.69, 9.17) is 10.2 Å². The molecule has 4 N–H and O–H groups in total. The highest BCUT2D eigenvalue weighted by Gasteiger charge is 2.10. The molecule has 0 aromatic carbocycles. The van der Waals surface area contributed by atoms with E-state index < -0.39 is 18.6 Å². The van der Waals surface area contributed by atoms with Gasteiger partial charge in [-0.1, -0.05) is 0 Å². The van der Waals surface area contributed by atoms with Crippen LogP contribution < -0.4 is 10.6 Å². The molecule has 2 amide bonds. The van der Waals surface area contributed by atoms with E-state index in [1.54, 1.807) is 6.07 Å². The summed E-state index contributed by atoms with van der Waals surface area (Å²) >= 11 is 1.35. The Morgan fingerprint density at radius 3 is 2.67 bits per heavy atom. The average Bonchev–Trinajstić information content (AvgIpc) is 2.79. The molecule has 0 saturated carbocycles. The van der Waals surface area contributed by atoms with Crippen LogP contribution in [0.2, 0.25) is 0 Å². The maximum atomic E-state index is 11.6. The second-order valence-electron chi connectivity index (χ2n) is 3.73. The first kappa shape index (κ1) is 14.6. The van der Waals surface area contributed by atoms with Crippen LogP contribution in [0.4, 0.5) is 0 Å². The zero-order valence-corrected chi connectivity index (χ0v) is 10.8. The lowest BCUT2D eigenvalue weighted by Crippen LogP contribution is -2.40. The smallest absolute Gasteiger partial charge is 0.261 e. The fourth-order valence-electron chi connectivity index (χ4n) is 1.16.